The van der Waals surface area contributed by atoms with Crippen molar-refractivity contribution in [1.29, 1.82) is 0 Å². The van der Waals surface area contributed by atoms with E-state index in [0.29, 0.717) is 11.6 Å². The van der Waals surface area contributed by atoms with Crippen molar-refractivity contribution in [3.63, 3.8) is 0 Å². The second kappa shape index (κ2) is 4.29. The summed E-state index contributed by atoms with van der Waals surface area (Å²) in [5.74, 6) is 1.49. The van der Waals surface area contributed by atoms with Gasteiger partial charge >= 0.3 is 0 Å². The molecule has 0 amide bonds. The van der Waals surface area contributed by atoms with Crippen LogP contribution in [0.3, 0.4) is 0 Å². The summed E-state index contributed by atoms with van der Waals surface area (Å²) in [7, 11) is 0. The van der Waals surface area contributed by atoms with Crippen molar-refractivity contribution in [2.24, 2.45) is 0 Å². The zero-order chi connectivity index (χ0) is 11.8. The number of hydrogen-bond acceptors (Lipinski definition) is 3. The van der Waals surface area contributed by atoms with Gasteiger partial charge in [-0.15, -0.1) is 0 Å². The lowest BCUT2D eigenvalue weighted by atomic mass is 9.89. The van der Waals surface area contributed by atoms with E-state index in [-0.39, 0.29) is 0 Å². The minimum Gasteiger partial charge on any atom is -0.397 e. The van der Waals surface area contributed by atoms with Crippen LogP contribution in [0.15, 0.2) is 16.7 Å². The Hall–Kier alpha value is -1.10. The number of hydrogen-bond donors (Lipinski definition) is 1. The molecule has 0 saturated heterocycles. The van der Waals surface area contributed by atoms with Crippen LogP contribution >= 0.6 is 15.9 Å². The van der Waals surface area contributed by atoms with Gasteiger partial charge in [-0.2, -0.15) is 5.10 Å². The molecule has 0 atom stereocenters. The van der Waals surface area contributed by atoms with Gasteiger partial charge in [-0.25, -0.2) is 9.50 Å². The maximum atomic E-state index is 5.79. The normalized spacial score (nSPS) is 17.7. The highest BCUT2D eigenvalue weighted by Crippen LogP contribution is 2.31. The smallest absolute Gasteiger partial charge is 0.169 e. The number of pyridine rings is 1. The summed E-state index contributed by atoms with van der Waals surface area (Å²) in [4.78, 5) is 4.63. The fourth-order valence-electron chi connectivity index (χ4n) is 2.52. The lowest BCUT2D eigenvalue weighted by Crippen LogP contribution is -2.06. The van der Waals surface area contributed by atoms with E-state index in [1.807, 2.05) is 12.3 Å². The van der Waals surface area contributed by atoms with Crippen LogP contribution in [0.25, 0.3) is 5.65 Å². The monoisotopic (exact) mass is 294 g/mol. The molecule has 0 aromatic carbocycles. The van der Waals surface area contributed by atoms with Crippen molar-refractivity contribution >= 4 is 27.3 Å². The number of nitrogens with two attached hydrogens (primary N) is 1. The van der Waals surface area contributed by atoms with E-state index < -0.39 is 0 Å². The average molecular weight is 295 g/mol. The molecule has 90 valence electrons. The van der Waals surface area contributed by atoms with E-state index in [0.717, 1.165) is 15.9 Å². The summed E-state index contributed by atoms with van der Waals surface area (Å²) in [5.41, 5.74) is 7.35. The van der Waals surface area contributed by atoms with E-state index in [1.165, 1.54) is 32.1 Å². The lowest BCUT2D eigenvalue weighted by molar-refractivity contribution is 0.429. The minimum atomic E-state index is 0.525. The van der Waals surface area contributed by atoms with E-state index in [4.69, 9.17) is 5.73 Å². The molecular weight excluding hydrogens is 280 g/mol. The Labute approximate surface area is 108 Å². The number of aromatic nitrogens is 3. The van der Waals surface area contributed by atoms with Gasteiger partial charge in [0.25, 0.3) is 0 Å². The molecule has 2 N–H and O–H groups in total. The van der Waals surface area contributed by atoms with Crippen molar-refractivity contribution in [3.8, 4) is 0 Å². The summed E-state index contributed by atoms with van der Waals surface area (Å²) in [6, 6.07) is 1.87. The highest BCUT2D eigenvalue weighted by molar-refractivity contribution is 9.10. The largest absolute Gasteiger partial charge is 0.397 e. The minimum absolute atomic E-state index is 0.525. The fraction of sp³-hybridized carbons (Fsp3) is 0.500. The first kappa shape index (κ1) is 11.0. The predicted molar refractivity (Wildman–Crippen MR) is 70.9 cm³/mol. The van der Waals surface area contributed by atoms with Crippen molar-refractivity contribution in [2.75, 3.05) is 5.73 Å². The molecule has 1 saturated carbocycles. The molecule has 2 aromatic rings. The summed E-state index contributed by atoms with van der Waals surface area (Å²) >= 11 is 3.48. The quantitative estimate of drug-likeness (QED) is 0.879. The molecule has 0 radical (unpaired) electrons. The van der Waals surface area contributed by atoms with Gasteiger partial charge in [0.05, 0.1) is 16.4 Å². The first-order valence-corrected chi connectivity index (χ1v) is 6.84. The van der Waals surface area contributed by atoms with E-state index in [2.05, 4.69) is 26.0 Å². The number of rotatable bonds is 1. The molecule has 17 heavy (non-hydrogen) atoms. The summed E-state index contributed by atoms with van der Waals surface area (Å²) in [6.07, 6.45) is 8.18. The Balaban J connectivity index is 2.03. The van der Waals surface area contributed by atoms with Crippen LogP contribution in [0.2, 0.25) is 0 Å². The van der Waals surface area contributed by atoms with Crippen molar-refractivity contribution in [2.45, 2.75) is 38.0 Å². The van der Waals surface area contributed by atoms with Gasteiger partial charge in [-0.3, -0.25) is 0 Å². The molecule has 1 fully saturated rings. The second-order valence-corrected chi connectivity index (χ2v) is 5.55. The van der Waals surface area contributed by atoms with Crippen LogP contribution in [0.4, 0.5) is 5.69 Å². The van der Waals surface area contributed by atoms with Gasteiger partial charge in [0.1, 0.15) is 0 Å². The van der Waals surface area contributed by atoms with Crippen LogP contribution in [0.5, 0.6) is 0 Å². The van der Waals surface area contributed by atoms with Crippen LogP contribution in [0.1, 0.15) is 43.8 Å². The Kier molecular flexibility index (Phi) is 2.78. The van der Waals surface area contributed by atoms with E-state index in [9.17, 15) is 0 Å². The Bertz CT molecular complexity index is 543. The van der Waals surface area contributed by atoms with Gasteiger partial charge in [-0.1, -0.05) is 19.3 Å². The predicted octanol–water partition coefficient (Wildman–Crippen LogP) is 3.12. The standard InChI is InChI=1S/C12H15BrN4/c13-10-6-9(14)7-17-12(10)15-11(16-17)8-4-2-1-3-5-8/h6-8H,1-5,14H2. The van der Waals surface area contributed by atoms with Crippen molar-refractivity contribution in [3.05, 3.63) is 22.6 Å². The number of nitrogen functional groups attached to an aromatic ring is 1. The van der Waals surface area contributed by atoms with Gasteiger partial charge in [0.2, 0.25) is 0 Å². The number of nitrogens with zero attached hydrogens (tertiary/aromatic N) is 3. The first-order valence-electron chi connectivity index (χ1n) is 6.05. The number of halogens is 1. The molecule has 0 spiro atoms. The van der Waals surface area contributed by atoms with Gasteiger partial charge < -0.3 is 5.73 Å². The molecule has 0 aliphatic heterocycles. The van der Waals surface area contributed by atoms with E-state index >= 15 is 0 Å². The highest BCUT2D eigenvalue weighted by Gasteiger charge is 2.20. The molecule has 1 aliphatic carbocycles. The molecule has 5 heteroatoms. The van der Waals surface area contributed by atoms with Gasteiger partial charge in [0.15, 0.2) is 11.5 Å². The Morgan fingerprint density at radius 1 is 1.29 bits per heavy atom. The van der Waals surface area contributed by atoms with Gasteiger partial charge in [0, 0.05) is 5.92 Å². The van der Waals surface area contributed by atoms with E-state index in [1.54, 1.807) is 4.52 Å². The molecule has 2 heterocycles. The van der Waals surface area contributed by atoms with Gasteiger partial charge in [-0.05, 0) is 34.8 Å². The number of anilines is 1. The third-order valence-electron chi connectivity index (χ3n) is 3.40. The molecule has 1 aliphatic rings. The van der Waals surface area contributed by atoms with Crippen molar-refractivity contribution < 1.29 is 0 Å². The van der Waals surface area contributed by atoms with Crippen LogP contribution in [-0.2, 0) is 0 Å². The molecule has 3 rings (SSSR count). The second-order valence-electron chi connectivity index (χ2n) is 4.69. The number of fused-ring (bicyclic) bond motifs is 1. The van der Waals surface area contributed by atoms with Crippen LogP contribution in [0, 0.1) is 0 Å². The average Bonchev–Trinajstić information content (AvgIpc) is 2.74. The SMILES string of the molecule is Nc1cc(Br)c2nc(C3CCCCC3)nn2c1. The summed E-state index contributed by atoms with van der Waals surface area (Å²) in [5, 5.41) is 4.55. The lowest BCUT2D eigenvalue weighted by Gasteiger charge is -2.17. The Morgan fingerprint density at radius 3 is 2.82 bits per heavy atom. The molecule has 0 unspecified atom stereocenters. The highest BCUT2D eigenvalue weighted by atomic mass is 79.9. The topological polar surface area (TPSA) is 56.2 Å². The fourth-order valence-corrected chi connectivity index (χ4v) is 3.05. The molecule has 4 nitrogen and oxygen atoms in total. The summed E-state index contributed by atoms with van der Waals surface area (Å²) < 4.78 is 2.69. The first-order chi connectivity index (χ1) is 8.24. The van der Waals surface area contributed by atoms with Crippen molar-refractivity contribution in [1.82, 2.24) is 14.6 Å². The Morgan fingerprint density at radius 2 is 2.06 bits per heavy atom. The zero-order valence-corrected chi connectivity index (χ0v) is 11.2. The third-order valence-corrected chi connectivity index (χ3v) is 3.98. The third kappa shape index (κ3) is 2.04. The maximum absolute atomic E-state index is 5.79. The molecule has 2 aromatic heterocycles. The zero-order valence-electron chi connectivity index (χ0n) is 9.56. The van der Waals surface area contributed by atoms with Crippen LogP contribution in [-0.4, -0.2) is 14.6 Å². The molecule has 0 bridgehead atoms. The van der Waals surface area contributed by atoms with Crippen LogP contribution < -0.4 is 5.73 Å². The summed E-state index contributed by atoms with van der Waals surface area (Å²) in [6.45, 7) is 0. The molecular formula is C12H15BrN4. The maximum Gasteiger partial charge on any atom is 0.169 e.